The van der Waals surface area contributed by atoms with Crippen molar-refractivity contribution in [3.05, 3.63) is 39.7 Å². The molecule has 26 heavy (non-hydrogen) atoms. The first-order valence-corrected chi connectivity index (χ1v) is 9.97. The highest BCUT2D eigenvalue weighted by atomic mass is 35.5. The van der Waals surface area contributed by atoms with Crippen molar-refractivity contribution in [2.45, 2.75) is 27.2 Å². The number of aromatic nitrogens is 3. The standard InChI is InChI=1S/C18H22N4OS2.ClH/c1-5-22(4)7-6-14-8-13(3)16(9-12(14)2)23-18-20-17(21-25-18)15-10-24-11-19-15;/h8-11H,5-7H2,1-4H3;1H. The molecule has 0 atom stereocenters. The normalized spacial score (nSPS) is 10.8. The van der Waals surface area contributed by atoms with Crippen molar-refractivity contribution in [3.8, 4) is 22.5 Å². The van der Waals surface area contributed by atoms with Gasteiger partial charge in [0.25, 0.3) is 5.19 Å². The van der Waals surface area contributed by atoms with E-state index in [2.05, 4.69) is 59.2 Å². The zero-order chi connectivity index (χ0) is 17.8. The Morgan fingerprint density at radius 1 is 1.19 bits per heavy atom. The Bertz CT molecular complexity index is 836. The SMILES string of the molecule is CCN(C)CCc1cc(C)c(Oc2nc(-c3cscn3)ns2)cc1C.Cl. The second kappa shape index (κ2) is 9.41. The van der Waals surface area contributed by atoms with Crippen LogP contribution in [0.25, 0.3) is 11.5 Å². The molecule has 2 aromatic heterocycles. The van der Waals surface area contributed by atoms with Crippen LogP contribution in [0.2, 0.25) is 0 Å². The molecule has 0 bridgehead atoms. The van der Waals surface area contributed by atoms with Gasteiger partial charge in [0.05, 0.1) is 5.51 Å². The van der Waals surface area contributed by atoms with E-state index in [-0.39, 0.29) is 12.4 Å². The number of aryl methyl sites for hydroxylation is 2. The highest BCUT2D eigenvalue weighted by Crippen LogP contribution is 2.31. The number of rotatable bonds is 7. The van der Waals surface area contributed by atoms with E-state index in [0.29, 0.717) is 11.0 Å². The lowest BCUT2D eigenvalue weighted by atomic mass is 10.0. The summed E-state index contributed by atoms with van der Waals surface area (Å²) < 4.78 is 10.3. The number of thiazole rings is 1. The van der Waals surface area contributed by atoms with Crippen molar-refractivity contribution in [2.75, 3.05) is 20.1 Å². The van der Waals surface area contributed by atoms with E-state index in [9.17, 15) is 0 Å². The largest absolute Gasteiger partial charge is 0.430 e. The topological polar surface area (TPSA) is 51.1 Å². The van der Waals surface area contributed by atoms with Crippen molar-refractivity contribution < 1.29 is 4.74 Å². The number of halogens is 1. The summed E-state index contributed by atoms with van der Waals surface area (Å²) in [5.74, 6) is 1.46. The van der Waals surface area contributed by atoms with Gasteiger partial charge in [0.15, 0.2) is 5.82 Å². The second-order valence-electron chi connectivity index (χ2n) is 6.05. The molecule has 5 nitrogen and oxygen atoms in total. The maximum Gasteiger partial charge on any atom is 0.299 e. The van der Waals surface area contributed by atoms with Crippen molar-refractivity contribution >= 4 is 35.3 Å². The van der Waals surface area contributed by atoms with Gasteiger partial charge in [0, 0.05) is 23.5 Å². The lowest BCUT2D eigenvalue weighted by molar-refractivity contribution is 0.357. The summed E-state index contributed by atoms with van der Waals surface area (Å²) in [6, 6.07) is 4.32. The van der Waals surface area contributed by atoms with Crippen LogP contribution in [0.15, 0.2) is 23.0 Å². The lowest BCUT2D eigenvalue weighted by Crippen LogP contribution is -2.20. The van der Waals surface area contributed by atoms with Crippen LogP contribution < -0.4 is 4.74 Å². The fraction of sp³-hybridized carbons (Fsp3) is 0.389. The smallest absolute Gasteiger partial charge is 0.299 e. The number of hydrogen-bond donors (Lipinski definition) is 0. The number of nitrogens with zero attached hydrogens (tertiary/aromatic N) is 4. The molecule has 0 aliphatic carbocycles. The third-order valence-corrected chi connectivity index (χ3v) is 5.38. The first-order valence-electron chi connectivity index (χ1n) is 8.25. The van der Waals surface area contributed by atoms with E-state index >= 15 is 0 Å². The fourth-order valence-corrected chi connectivity index (χ4v) is 3.55. The van der Waals surface area contributed by atoms with Gasteiger partial charge in [-0.25, -0.2) is 4.98 Å². The van der Waals surface area contributed by atoms with Gasteiger partial charge in [0.1, 0.15) is 11.4 Å². The van der Waals surface area contributed by atoms with Crippen LogP contribution in [0, 0.1) is 13.8 Å². The molecular weight excluding hydrogens is 388 g/mol. The van der Waals surface area contributed by atoms with E-state index in [4.69, 9.17) is 4.74 Å². The summed E-state index contributed by atoms with van der Waals surface area (Å²) in [6.45, 7) is 8.51. The average molecular weight is 411 g/mol. The minimum Gasteiger partial charge on any atom is -0.430 e. The van der Waals surface area contributed by atoms with Crippen LogP contribution in [0.3, 0.4) is 0 Å². The Kier molecular flexibility index (Phi) is 7.52. The summed E-state index contributed by atoms with van der Waals surface area (Å²) in [4.78, 5) is 11.0. The maximum absolute atomic E-state index is 5.98. The molecule has 0 amide bonds. The monoisotopic (exact) mass is 410 g/mol. The first-order chi connectivity index (χ1) is 12.1. The average Bonchev–Trinajstić information content (AvgIpc) is 3.27. The van der Waals surface area contributed by atoms with Gasteiger partial charge in [-0.2, -0.15) is 9.36 Å². The van der Waals surface area contributed by atoms with Gasteiger partial charge in [-0.15, -0.1) is 23.7 Å². The predicted octanol–water partition coefficient (Wildman–Crippen LogP) is 4.99. The quantitative estimate of drug-likeness (QED) is 0.549. The van der Waals surface area contributed by atoms with E-state index < -0.39 is 0 Å². The van der Waals surface area contributed by atoms with Gasteiger partial charge < -0.3 is 9.64 Å². The Morgan fingerprint density at radius 3 is 2.69 bits per heavy atom. The molecule has 3 rings (SSSR count). The molecule has 2 heterocycles. The van der Waals surface area contributed by atoms with Crippen LogP contribution in [0.1, 0.15) is 23.6 Å². The summed E-state index contributed by atoms with van der Waals surface area (Å²) in [6.07, 6.45) is 1.05. The number of likely N-dealkylation sites (N-methyl/N-ethyl adjacent to an activating group) is 1. The number of ether oxygens (including phenoxy) is 1. The van der Waals surface area contributed by atoms with Crippen molar-refractivity contribution in [1.82, 2.24) is 19.2 Å². The molecule has 0 saturated heterocycles. The maximum atomic E-state index is 5.98. The Morgan fingerprint density at radius 2 is 2.00 bits per heavy atom. The van der Waals surface area contributed by atoms with Gasteiger partial charge in [-0.05, 0) is 56.6 Å². The van der Waals surface area contributed by atoms with Gasteiger partial charge in [-0.1, -0.05) is 13.0 Å². The molecule has 0 N–H and O–H groups in total. The van der Waals surface area contributed by atoms with Crippen LogP contribution >= 0.6 is 35.3 Å². The molecule has 0 unspecified atom stereocenters. The molecule has 140 valence electrons. The molecule has 0 spiro atoms. The van der Waals surface area contributed by atoms with Crippen LogP contribution in [-0.2, 0) is 6.42 Å². The molecule has 0 aliphatic rings. The molecule has 0 aliphatic heterocycles. The van der Waals surface area contributed by atoms with Crippen molar-refractivity contribution in [1.29, 1.82) is 0 Å². The second-order valence-corrected chi connectivity index (χ2v) is 7.48. The van der Waals surface area contributed by atoms with Crippen molar-refractivity contribution in [3.63, 3.8) is 0 Å². The van der Waals surface area contributed by atoms with Gasteiger partial charge in [0.2, 0.25) is 0 Å². The Balaban J connectivity index is 0.00000243. The van der Waals surface area contributed by atoms with E-state index in [0.717, 1.165) is 36.5 Å². The molecule has 0 saturated carbocycles. The van der Waals surface area contributed by atoms with E-state index in [1.54, 1.807) is 5.51 Å². The van der Waals surface area contributed by atoms with Crippen LogP contribution in [0.5, 0.6) is 10.9 Å². The highest BCUT2D eigenvalue weighted by molar-refractivity contribution is 7.08. The number of benzene rings is 1. The minimum atomic E-state index is 0. The molecule has 8 heteroatoms. The molecular formula is C18H23ClN4OS2. The van der Waals surface area contributed by atoms with Gasteiger partial charge >= 0.3 is 0 Å². The number of hydrogen-bond acceptors (Lipinski definition) is 7. The first kappa shape index (κ1) is 20.8. The van der Waals surface area contributed by atoms with E-state index in [1.165, 1.54) is 34.0 Å². The zero-order valence-corrected chi connectivity index (χ0v) is 17.8. The third-order valence-electron chi connectivity index (χ3n) is 4.20. The molecule has 0 radical (unpaired) electrons. The lowest BCUT2D eigenvalue weighted by Gasteiger charge is -2.16. The highest BCUT2D eigenvalue weighted by Gasteiger charge is 2.12. The summed E-state index contributed by atoms with van der Waals surface area (Å²) >= 11 is 2.78. The fourth-order valence-electron chi connectivity index (χ4n) is 2.47. The third kappa shape index (κ3) is 5.01. The predicted molar refractivity (Wildman–Crippen MR) is 111 cm³/mol. The minimum absolute atomic E-state index is 0. The Labute approximate surface area is 168 Å². The van der Waals surface area contributed by atoms with E-state index in [1.807, 2.05) is 5.38 Å². The Hall–Kier alpha value is -1.54. The molecule has 3 aromatic rings. The van der Waals surface area contributed by atoms with Crippen molar-refractivity contribution in [2.24, 2.45) is 0 Å². The summed E-state index contributed by atoms with van der Waals surface area (Å²) in [7, 11) is 2.15. The van der Waals surface area contributed by atoms with Crippen LogP contribution in [0.4, 0.5) is 0 Å². The molecule has 0 fully saturated rings. The summed E-state index contributed by atoms with van der Waals surface area (Å²) in [5, 5.41) is 2.48. The van der Waals surface area contributed by atoms with Gasteiger partial charge in [-0.3, -0.25) is 0 Å². The zero-order valence-electron chi connectivity index (χ0n) is 15.4. The molecule has 1 aromatic carbocycles. The summed E-state index contributed by atoms with van der Waals surface area (Å²) in [5.41, 5.74) is 6.29. The van der Waals surface area contributed by atoms with Crippen LogP contribution in [-0.4, -0.2) is 39.4 Å².